The Morgan fingerprint density at radius 2 is 1.76 bits per heavy atom. The lowest BCUT2D eigenvalue weighted by Gasteiger charge is -2.23. The number of nitrogens with zero attached hydrogens (tertiary/aromatic N) is 2. The number of carbonyl (C=O) groups excluding carboxylic acids is 2. The minimum atomic E-state index is -0.986. The van der Waals surface area contributed by atoms with Crippen molar-refractivity contribution in [2.45, 2.75) is 19.9 Å². The van der Waals surface area contributed by atoms with E-state index in [1.165, 1.54) is 16.2 Å². The molecule has 2 aliphatic rings. The molecule has 0 aliphatic carbocycles. The highest BCUT2D eigenvalue weighted by molar-refractivity contribution is 7.22. The van der Waals surface area contributed by atoms with Gasteiger partial charge in [0.25, 0.3) is 5.78 Å². The average molecular weight is 567 g/mol. The van der Waals surface area contributed by atoms with E-state index in [4.69, 9.17) is 37.7 Å². The molecular formula is C28H20Cl2N2O5S. The lowest BCUT2D eigenvalue weighted by Crippen LogP contribution is -2.29. The molecule has 1 atom stereocenters. The molecule has 0 spiro atoms. The average Bonchev–Trinajstić information content (AvgIpc) is 3.43. The first-order valence-electron chi connectivity index (χ1n) is 11.8. The zero-order chi connectivity index (χ0) is 26.7. The van der Waals surface area contributed by atoms with Gasteiger partial charge in [-0.2, -0.15) is 0 Å². The number of benzene rings is 3. The number of hydrogen-bond acceptors (Lipinski definition) is 7. The second kappa shape index (κ2) is 9.31. The zero-order valence-electron chi connectivity index (χ0n) is 20.2. The lowest BCUT2D eigenvalue weighted by atomic mass is 9.95. The van der Waals surface area contributed by atoms with Crippen LogP contribution in [0.25, 0.3) is 16.0 Å². The number of aryl methyl sites for hydroxylation is 2. The van der Waals surface area contributed by atoms with Gasteiger partial charge in [0, 0.05) is 5.56 Å². The zero-order valence-corrected chi connectivity index (χ0v) is 22.6. The molecule has 0 bridgehead atoms. The van der Waals surface area contributed by atoms with Gasteiger partial charge in [0.2, 0.25) is 0 Å². The van der Waals surface area contributed by atoms with E-state index in [9.17, 15) is 14.7 Å². The van der Waals surface area contributed by atoms with Crippen molar-refractivity contribution in [1.82, 2.24) is 4.98 Å². The molecule has 38 heavy (non-hydrogen) atoms. The summed E-state index contributed by atoms with van der Waals surface area (Å²) in [4.78, 5) is 33.1. The van der Waals surface area contributed by atoms with E-state index in [2.05, 4.69) is 0 Å². The SMILES string of the molecule is Cc1cc(C)c2nc(N3C(=O)C(=O)/C(=C(/O)c4ccc5c(c4)OCCO5)[C@H]3c3ccc(Cl)c(Cl)c3)sc2c1. The molecule has 0 radical (unpaired) electrons. The Labute approximate surface area is 231 Å². The maximum atomic E-state index is 13.5. The molecule has 6 rings (SSSR count). The van der Waals surface area contributed by atoms with Gasteiger partial charge in [-0.3, -0.25) is 14.5 Å². The summed E-state index contributed by atoms with van der Waals surface area (Å²) >= 11 is 13.8. The van der Waals surface area contributed by atoms with Crippen molar-refractivity contribution >= 4 is 67.3 Å². The molecule has 4 aromatic rings. The molecule has 1 aromatic heterocycles. The lowest BCUT2D eigenvalue weighted by molar-refractivity contribution is -0.132. The van der Waals surface area contributed by atoms with Crippen LogP contribution in [0.5, 0.6) is 11.5 Å². The van der Waals surface area contributed by atoms with Gasteiger partial charge in [0.1, 0.15) is 19.0 Å². The molecule has 7 nitrogen and oxygen atoms in total. The summed E-state index contributed by atoms with van der Waals surface area (Å²) in [6, 6.07) is 12.7. The number of aliphatic hydroxyl groups is 1. The number of ketones is 1. The van der Waals surface area contributed by atoms with Crippen molar-refractivity contribution in [1.29, 1.82) is 0 Å². The van der Waals surface area contributed by atoms with E-state index >= 15 is 0 Å². The standard InChI is InChI=1S/C28H20Cl2N2O5S/c1-13-9-14(2)23-21(10-13)38-28(31-23)32-24(15-3-5-17(29)18(30)11-15)22(26(34)27(32)35)25(33)16-4-6-19-20(12-16)37-8-7-36-19/h3-6,9-12,24,33H,7-8H2,1-2H3/b25-22+/t24-/m1/s1. The van der Waals surface area contributed by atoms with Crippen LogP contribution >= 0.6 is 34.5 Å². The molecule has 1 amide bonds. The van der Waals surface area contributed by atoms with E-state index in [0.717, 1.165) is 21.3 Å². The van der Waals surface area contributed by atoms with Crippen molar-refractivity contribution in [3.8, 4) is 11.5 Å². The first kappa shape index (κ1) is 24.7. The fraction of sp³-hybridized carbons (Fsp3) is 0.179. The third kappa shape index (κ3) is 4.00. The molecule has 3 aromatic carbocycles. The molecule has 3 heterocycles. The van der Waals surface area contributed by atoms with Gasteiger partial charge in [-0.15, -0.1) is 0 Å². The van der Waals surface area contributed by atoms with Crippen molar-refractivity contribution in [3.63, 3.8) is 0 Å². The smallest absolute Gasteiger partial charge is 0.301 e. The number of fused-ring (bicyclic) bond motifs is 2. The number of ether oxygens (including phenoxy) is 2. The van der Waals surface area contributed by atoms with Crippen molar-refractivity contribution in [2.75, 3.05) is 18.1 Å². The van der Waals surface area contributed by atoms with E-state index < -0.39 is 17.7 Å². The molecule has 0 unspecified atom stereocenters. The van der Waals surface area contributed by atoms with Gasteiger partial charge in [-0.05, 0) is 66.9 Å². The summed E-state index contributed by atoms with van der Waals surface area (Å²) in [5.74, 6) is -0.992. The second-order valence-corrected chi connectivity index (χ2v) is 10.9. The number of carbonyl (C=O) groups is 2. The largest absolute Gasteiger partial charge is 0.507 e. The number of amides is 1. The van der Waals surface area contributed by atoms with Crippen LogP contribution in [0.4, 0.5) is 5.13 Å². The molecule has 1 N–H and O–H groups in total. The van der Waals surface area contributed by atoms with Crippen LogP contribution in [0, 0.1) is 13.8 Å². The predicted octanol–water partition coefficient (Wildman–Crippen LogP) is 6.62. The first-order chi connectivity index (χ1) is 18.2. The topological polar surface area (TPSA) is 89.0 Å². The van der Waals surface area contributed by atoms with Crippen molar-refractivity contribution < 1.29 is 24.2 Å². The van der Waals surface area contributed by atoms with Crippen LogP contribution in [0.15, 0.2) is 54.1 Å². The summed E-state index contributed by atoms with van der Waals surface area (Å²) < 4.78 is 12.1. The maximum absolute atomic E-state index is 13.5. The quantitative estimate of drug-likeness (QED) is 0.170. The molecule has 1 fully saturated rings. The Morgan fingerprint density at radius 1 is 1.00 bits per heavy atom. The highest BCUT2D eigenvalue weighted by Gasteiger charge is 2.48. The monoisotopic (exact) mass is 566 g/mol. The van der Waals surface area contributed by atoms with Gasteiger partial charge < -0.3 is 14.6 Å². The van der Waals surface area contributed by atoms with Crippen LogP contribution in [-0.2, 0) is 9.59 Å². The molecule has 10 heteroatoms. The number of rotatable bonds is 3. The van der Waals surface area contributed by atoms with Gasteiger partial charge in [0.15, 0.2) is 16.6 Å². The van der Waals surface area contributed by atoms with Crippen LogP contribution in [-0.4, -0.2) is 35.0 Å². The fourth-order valence-electron chi connectivity index (χ4n) is 4.84. The minimum absolute atomic E-state index is 0.0859. The van der Waals surface area contributed by atoms with Gasteiger partial charge >= 0.3 is 5.91 Å². The molecule has 1 saturated heterocycles. The minimum Gasteiger partial charge on any atom is -0.507 e. The summed E-state index contributed by atoms with van der Waals surface area (Å²) in [5, 5.41) is 12.4. The van der Waals surface area contributed by atoms with Crippen LogP contribution in [0.2, 0.25) is 10.0 Å². The Bertz CT molecular complexity index is 1700. The predicted molar refractivity (Wildman–Crippen MR) is 148 cm³/mol. The van der Waals surface area contributed by atoms with Gasteiger partial charge in [0.05, 0.1) is 31.9 Å². The Kier molecular flexibility index (Phi) is 6.06. The Hall–Kier alpha value is -3.59. The Morgan fingerprint density at radius 3 is 2.53 bits per heavy atom. The number of thiazole rings is 1. The van der Waals surface area contributed by atoms with E-state index in [0.29, 0.717) is 46.0 Å². The van der Waals surface area contributed by atoms with Crippen LogP contribution in [0.1, 0.15) is 28.3 Å². The third-order valence-corrected chi connectivity index (χ3v) is 8.28. The summed E-state index contributed by atoms with van der Waals surface area (Å²) in [7, 11) is 0. The molecule has 0 saturated carbocycles. The maximum Gasteiger partial charge on any atom is 0.301 e. The van der Waals surface area contributed by atoms with Crippen molar-refractivity contribution in [2.24, 2.45) is 0 Å². The number of Topliss-reactive ketones (excluding diaryl/α,β-unsaturated/α-hetero) is 1. The molecule has 2 aliphatic heterocycles. The second-order valence-electron chi connectivity index (χ2n) is 9.13. The number of anilines is 1. The summed E-state index contributed by atoms with van der Waals surface area (Å²) in [5.41, 5.74) is 3.50. The van der Waals surface area contributed by atoms with Crippen molar-refractivity contribution in [3.05, 3.63) is 86.4 Å². The third-order valence-electron chi connectivity index (χ3n) is 6.54. The van der Waals surface area contributed by atoms with Gasteiger partial charge in [-0.25, -0.2) is 4.98 Å². The highest BCUT2D eigenvalue weighted by Crippen LogP contribution is 2.46. The summed E-state index contributed by atoms with van der Waals surface area (Å²) in [6.45, 7) is 4.72. The number of aliphatic hydroxyl groups excluding tert-OH is 1. The normalized spacial score (nSPS) is 18.4. The fourth-order valence-corrected chi connectivity index (χ4v) is 6.31. The number of halogens is 2. The first-order valence-corrected chi connectivity index (χ1v) is 13.3. The summed E-state index contributed by atoms with van der Waals surface area (Å²) in [6.07, 6.45) is 0. The van der Waals surface area contributed by atoms with Gasteiger partial charge in [-0.1, -0.05) is 46.7 Å². The number of hydrogen-bond donors (Lipinski definition) is 1. The molecule has 192 valence electrons. The highest BCUT2D eigenvalue weighted by atomic mass is 35.5. The van der Waals surface area contributed by atoms with Crippen LogP contribution < -0.4 is 14.4 Å². The van der Waals surface area contributed by atoms with E-state index in [-0.39, 0.29) is 16.4 Å². The Balaban J connectivity index is 1.56. The van der Waals surface area contributed by atoms with E-state index in [1.807, 2.05) is 26.0 Å². The van der Waals surface area contributed by atoms with Crippen LogP contribution in [0.3, 0.4) is 0 Å². The van der Waals surface area contributed by atoms with E-state index in [1.54, 1.807) is 36.4 Å². The number of aromatic nitrogens is 1. The molecular weight excluding hydrogens is 547 g/mol.